The summed E-state index contributed by atoms with van der Waals surface area (Å²) in [6.45, 7) is 0.419. The molecule has 0 atom stereocenters. The number of aromatic nitrogens is 2. The summed E-state index contributed by atoms with van der Waals surface area (Å²) in [6, 6.07) is 11.4. The van der Waals surface area contributed by atoms with Crippen molar-refractivity contribution in [1.82, 2.24) is 14.7 Å². The molecule has 2 aromatic heterocycles. The van der Waals surface area contributed by atoms with Gasteiger partial charge in [0.25, 0.3) is 0 Å². The van der Waals surface area contributed by atoms with E-state index in [2.05, 4.69) is 10.3 Å². The number of pyridine rings is 1. The Bertz CT molecular complexity index is 864. The van der Waals surface area contributed by atoms with Crippen LogP contribution < -0.4 is 5.32 Å². The molecule has 7 heteroatoms. The number of fused-ring (bicyclic) bond motifs is 1. The Hall–Kier alpha value is -1.69. The molecule has 0 aliphatic rings. The van der Waals surface area contributed by atoms with E-state index in [9.17, 15) is 4.79 Å². The average Bonchev–Trinajstić information content (AvgIpc) is 3.00. The lowest BCUT2D eigenvalue weighted by molar-refractivity contribution is -0.121. The van der Waals surface area contributed by atoms with Crippen molar-refractivity contribution in [3.8, 4) is 0 Å². The van der Waals surface area contributed by atoms with Gasteiger partial charge in [-0.3, -0.25) is 4.79 Å². The van der Waals surface area contributed by atoms with Gasteiger partial charge in [-0.1, -0.05) is 23.2 Å². The Morgan fingerprint density at radius 3 is 2.64 bits per heavy atom. The van der Waals surface area contributed by atoms with E-state index in [0.29, 0.717) is 18.0 Å². The number of benzene rings is 1. The molecule has 1 aromatic carbocycles. The number of carbonyl (C=O) groups excluding carboxylic acids is 1. The number of carbonyl (C=O) groups is 1. The van der Waals surface area contributed by atoms with Gasteiger partial charge in [0.2, 0.25) is 5.91 Å². The second-order valence-corrected chi connectivity index (χ2v) is 7.57. The fraction of sp³-hybridized carbons (Fsp3) is 0.222. The Morgan fingerprint density at radius 1 is 1.08 bits per heavy atom. The van der Waals surface area contributed by atoms with Crippen LogP contribution in [0.2, 0.25) is 10.0 Å². The van der Waals surface area contributed by atoms with Crippen LogP contribution in [0.1, 0.15) is 18.5 Å². The van der Waals surface area contributed by atoms with Crippen LogP contribution in [0.25, 0.3) is 5.65 Å². The van der Waals surface area contributed by atoms with Crippen LogP contribution >= 0.6 is 35.0 Å². The second kappa shape index (κ2) is 8.61. The maximum Gasteiger partial charge on any atom is 0.220 e. The highest BCUT2D eigenvalue weighted by Crippen LogP contribution is 2.21. The van der Waals surface area contributed by atoms with Gasteiger partial charge in [-0.15, -0.1) is 11.8 Å². The summed E-state index contributed by atoms with van der Waals surface area (Å²) in [7, 11) is 0. The SMILES string of the molecule is O=C(CCCSc1ccc(Cl)cc1)NCc1cn2cc(Cl)ccc2n1. The Balaban J connectivity index is 1.39. The first-order valence-electron chi connectivity index (χ1n) is 7.88. The van der Waals surface area contributed by atoms with Gasteiger partial charge in [0.15, 0.2) is 0 Å². The zero-order chi connectivity index (χ0) is 17.6. The molecule has 2 heterocycles. The number of amides is 1. The predicted octanol–water partition coefficient (Wildman–Crippen LogP) is 4.83. The number of nitrogens with one attached hydrogen (secondary N) is 1. The summed E-state index contributed by atoms with van der Waals surface area (Å²) < 4.78 is 1.85. The molecule has 0 saturated carbocycles. The minimum Gasteiger partial charge on any atom is -0.350 e. The minimum absolute atomic E-state index is 0.0341. The molecule has 0 aliphatic heterocycles. The quantitative estimate of drug-likeness (QED) is 0.461. The van der Waals surface area contributed by atoms with E-state index in [1.807, 2.05) is 40.9 Å². The normalized spacial score (nSPS) is 11.0. The van der Waals surface area contributed by atoms with Gasteiger partial charge in [-0.05, 0) is 48.6 Å². The summed E-state index contributed by atoms with van der Waals surface area (Å²) in [4.78, 5) is 17.6. The number of rotatable bonds is 7. The van der Waals surface area contributed by atoms with E-state index in [1.165, 1.54) is 0 Å². The third-order valence-electron chi connectivity index (χ3n) is 3.56. The fourth-order valence-corrected chi connectivity index (χ4v) is 3.48. The Labute approximate surface area is 160 Å². The first-order chi connectivity index (χ1) is 12.1. The molecule has 3 rings (SSSR count). The molecule has 0 unspecified atom stereocenters. The summed E-state index contributed by atoms with van der Waals surface area (Å²) >= 11 is 13.5. The van der Waals surface area contributed by atoms with Crippen molar-refractivity contribution in [2.24, 2.45) is 0 Å². The van der Waals surface area contributed by atoms with E-state index < -0.39 is 0 Å². The standard InChI is InChI=1S/C18H17Cl2N3OS/c19-13-3-6-16(7-4-13)25-9-1-2-18(24)21-10-15-12-23-11-14(20)5-8-17(23)22-15/h3-8,11-12H,1-2,9-10H2,(H,21,24). The molecule has 0 bridgehead atoms. The van der Waals surface area contributed by atoms with Gasteiger partial charge < -0.3 is 9.72 Å². The van der Waals surface area contributed by atoms with Gasteiger partial charge in [0.05, 0.1) is 17.3 Å². The molecule has 0 fully saturated rings. The first kappa shape index (κ1) is 18.1. The second-order valence-electron chi connectivity index (χ2n) is 5.53. The number of thioether (sulfide) groups is 1. The predicted molar refractivity (Wildman–Crippen MR) is 103 cm³/mol. The number of halogens is 2. The molecule has 3 aromatic rings. The van der Waals surface area contributed by atoms with Crippen molar-refractivity contribution in [3.05, 3.63) is 64.5 Å². The zero-order valence-electron chi connectivity index (χ0n) is 13.4. The minimum atomic E-state index is 0.0341. The molecule has 4 nitrogen and oxygen atoms in total. The van der Waals surface area contributed by atoms with Crippen LogP contribution in [-0.4, -0.2) is 21.0 Å². The molecule has 0 aliphatic carbocycles. The molecule has 1 N–H and O–H groups in total. The van der Waals surface area contributed by atoms with Gasteiger partial charge in [0, 0.05) is 28.7 Å². The van der Waals surface area contributed by atoms with Crippen LogP contribution in [0.4, 0.5) is 0 Å². The van der Waals surface area contributed by atoms with Crippen molar-refractivity contribution in [2.75, 3.05) is 5.75 Å². The van der Waals surface area contributed by atoms with E-state index >= 15 is 0 Å². The fourth-order valence-electron chi connectivity index (χ4n) is 2.33. The highest BCUT2D eigenvalue weighted by atomic mass is 35.5. The van der Waals surface area contributed by atoms with Crippen LogP contribution in [0, 0.1) is 0 Å². The number of imidazole rings is 1. The van der Waals surface area contributed by atoms with Crippen molar-refractivity contribution >= 4 is 46.5 Å². The maximum absolute atomic E-state index is 11.9. The molecular weight excluding hydrogens is 377 g/mol. The van der Waals surface area contributed by atoms with Crippen molar-refractivity contribution in [1.29, 1.82) is 0 Å². The molecule has 130 valence electrons. The largest absolute Gasteiger partial charge is 0.350 e. The highest BCUT2D eigenvalue weighted by molar-refractivity contribution is 7.99. The Kier molecular flexibility index (Phi) is 6.24. The molecule has 0 saturated heterocycles. The first-order valence-corrected chi connectivity index (χ1v) is 9.62. The van der Waals surface area contributed by atoms with E-state index in [-0.39, 0.29) is 5.91 Å². The number of hydrogen-bond acceptors (Lipinski definition) is 3. The van der Waals surface area contributed by atoms with Crippen molar-refractivity contribution in [3.63, 3.8) is 0 Å². The lowest BCUT2D eigenvalue weighted by Gasteiger charge is -2.04. The van der Waals surface area contributed by atoms with Gasteiger partial charge in [0.1, 0.15) is 5.65 Å². The van der Waals surface area contributed by atoms with Crippen molar-refractivity contribution < 1.29 is 4.79 Å². The summed E-state index contributed by atoms with van der Waals surface area (Å²) in [5.41, 5.74) is 1.62. The van der Waals surface area contributed by atoms with Crippen LogP contribution in [0.5, 0.6) is 0 Å². The molecule has 0 radical (unpaired) electrons. The van der Waals surface area contributed by atoms with E-state index in [1.54, 1.807) is 24.0 Å². The molecular formula is C18H17Cl2N3OS. The summed E-state index contributed by atoms with van der Waals surface area (Å²) in [6.07, 6.45) is 4.99. The molecule has 1 amide bonds. The number of nitrogens with zero attached hydrogens (tertiary/aromatic N) is 2. The smallest absolute Gasteiger partial charge is 0.220 e. The van der Waals surface area contributed by atoms with Crippen LogP contribution in [-0.2, 0) is 11.3 Å². The molecule has 0 spiro atoms. The van der Waals surface area contributed by atoms with E-state index in [4.69, 9.17) is 23.2 Å². The molecule has 25 heavy (non-hydrogen) atoms. The Morgan fingerprint density at radius 2 is 1.84 bits per heavy atom. The summed E-state index contributed by atoms with van der Waals surface area (Å²) in [5, 5.41) is 4.29. The van der Waals surface area contributed by atoms with Crippen LogP contribution in [0.15, 0.2) is 53.7 Å². The third-order valence-corrected chi connectivity index (χ3v) is 5.14. The highest BCUT2D eigenvalue weighted by Gasteiger charge is 2.05. The van der Waals surface area contributed by atoms with E-state index in [0.717, 1.165) is 33.4 Å². The number of hydrogen-bond donors (Lipinski definition) is 1. The lowest BCUT2D eigenvalue weighted by atomic mass is 10.3. The summed E-state index contributed by atoms with van der Waals surface area (Å²) in [5.74, 6) is 0.925. The monoisotopic (exact) mass is 393 g/mol. The maximum atomic E-state index is 11.9. The van der Waals surface area contributed by atoms with Gasteiger partial charge in [-0.25, -0.2) is 4.98 Å². The lowest BCUT2D eigenvalue weighted by Crippen LogP contribution is -2.22. The van der Waals surface area contributed by atoms with Crippen LogP contribution in [0.3, 0.4) is 0 Å². The van der Waals surface area contributed by atoms with Gasteiger partial charge in [-0.2, -0.15) is 0 Å². The third kappa shape index (κ3) is 5.39. The van der Waals surface area contributed by atoms with Crippen molar-refractivity contribution in [2.45, 2.75) is 24.3 Å². The topological polar surface area (TPSA) is 46.4 Å². The zero-order valence-corrected chi connectivity index (χ0v) is 15.7. The average molecular weight is 394 g/mol. The van der Waals surface area contributed by atoms with Gasteiger partial charge >= 0.3 is 0 Å².